The van der Waals surface area contributed by atoms with E-state index in [1.165, 1.54) is 0 Å². The van der Waals surface area contributed by atoms with Gasteiger partial charge in [0.15, 0.2) is 0 Å². The van der Waals surface area contributed by atoms with E-state index in [0.717, 1.165) is 16.9 Å². The van der Waals surface area contributed by atoms with Crippen LogP contribution in [0.3, 0.4) is 0 Å². The van der Waals surface area contributed by atoms with E-state index >= 15 is 0 Å². The predicted octanol–water partition coefficient (Wildman–Crippen LogP) is 3.92. The molecule has 0 bridgehead atoms. The zero-order chi connectivity index (χ0) is 11.9. The fourth-order valence-corrected chi connectivity index (χ4v) is 1.53. The van der Waals surface area contributed by atoms with Gasteiger partial charge in [0.05, 0.1) is 0 Å². The van der Waals surface area contributed by atoms with Crippen LogP contribution in [0.15, 0.2) is 72.5 Å². The molecule has 1 aromatic rings. The van der Waals surface area contributed by atoms with E-state index in [9.17, 15) is 0 Å². The van der Waals surface area contributed by atoms with Crippen LogP contribution in [-0.2, 0) is 0 Å². The smallest absolute Gasteiger partial charge is 0.127 e. The number of rotatable bonds is 4. The molecule has 17 heavy (non-hydrogen) atoms. The minimum Gasteiger partial charge on any atom is -0.488 e. The van der Waals surface area contributed by atoms with Crippen LogP contribution in [0.4, 0.5) is 0 Å². The Hall–Kier alpha value is -2.24. The summed E-state index contributed by atoms with van der Waals surface area (Å²) in [6.45, 7) is 4.32. The average Bonchev–Trinajstić information content (AvgIpc) is 2.65. The number of hydrogen-bond donors (Lipinski definition) is 0. The Morgan fingerprint density at radius 2 is 2.12 bits per heavy atom. The van der Waals surface area contributed by atoms with Crippen molar-refractivity contribution >= 4 is 6.08 Å². The van der Waals surface area contributed by atoms with Crippen molar-refractivity contribution in [3.8, 4) is 5.75 Å². The molecular weight excluding hydrogens is 208 g/mol. The van der Waals surface area contributed by atoms with Crippen LogP contribution in [0.1, 0.15) is 5.56 Å². The maximum absolute atomic E-state index is 5.77. The fourth-order valence-electron chi connectivity index (χ4n) is 1.53. The fraction of sp³-hybridized carbons (Fsp3) is 0.0625. The summed E-state index contributed by atoms with van der Waals surface area (Å²) in [7, 11) is 0. The molecular formula is C16H14O. The molecule has 1 heteroatoms. The van der Waals surface area contributed by atoms with Crippen LogP contribution < -0.4 is 4.74 Å². The zero-order valence-corrected chi connectivity index (χ0v) is 9.60. The van der Waals surface area contributed by atoms with Gasteiger partial charge in [0.25, 0.3) is 0 Å². The Labute approximate surface area is 102 Å². The van der Waals surface area contributed by atoms with Crippen LogP contribution in [-0.4, -0.2) is 6.61 Å². The summed E-state index contributed by atoms with van der Waals surface area (Å²) in [5.41, 5.74) is 5.14. The molecule has 0 aliphatic heterocycles. The van der Waals surface area contributed by atoms with Crippen LogP contribution in [0.5, 0.6) is 5.75 Å². The maximum Gasteiger partial charge on any atom is 0.127 e. The lowest BCUT2D eigenvalue weighted by Crippen LogP contribution is -2.00. The summed E-state index contributed by atoms with van der Waals surface area (Å²) in [5, 5.41) is 0. The normalized spacial score (nSPS) is 13.1. The van der Waals surface area contributed by atoms with Crippen LogP contribution >= 0.6 is 0 Å². The highest BCUT2D eigenvalue weighted by molar-refractivity contribution is 5.55. The highest BCUT2D eigenvalue weighted by Gasteiger charge is 2.00. The molecule has 1 nitrogen and oxygen atoms in total. The Kier molecular flexibility index (Phi) is 3.80. The van der Waals surface area contributed by atoms with Crippen molar-refractivity contribution in [2.24, 2.45) is 0 Å². The average molecular weight is 222 g/mol. The minimum atomic E-state index is 0.549. The maximum atomic E-state index is 5.77. The first-order chi connectivity index (χ1) is 8.40. The molecule has 0 radical (unpaired) electrons. The van der Waals surface area contributed by atoms with Gasteiger partial charge in [-0.25, -0.2) is 0 Å². The van der Waals surface area contributed by atoms with Gasteiger partial charge in [-0.15, -0.1) is 5.73 Å². The molecule has 0 saturated carbocycles. The molecule has 0 heterocycles. The van der Waals surface area contributed by atoms with Gasteiger partial charge in [0.2, 0.25) is 0 Å². The summed E-state index contributed by atoms with van der Waals surface area (Å²) in [6.07, 6.45) is 11.5. The highest BCUT2D eigenvalue weighted by Crippen LogP contribution is 2.19. The Bertz CT molecular complexity index is 526. The first-order valence-electron chi connectivity index (χ1n) is 5.53. The molecule has 0 aromatic heterocycles. The number of hydrogen-bond acceptors (Lipinski definition) is 1. The molecule has 0 fully saturated rings. The van der Waals surface area contributed by atoms with Crippen molar-refractivity contribution in [3.63, 3.8) is 0 Å². The summed E-state index contributed by atoms with van der Waals surface area (Å²) < 4.78 is 5.77. The van der Waals surface area contributed by atoms with E-state index in [-0.39, 0.29) is 0 Å². The lowest BCUT2D eigenvalue weighted by molar-refractivity contribution is 0.355. The predicted molar refractivity (Wildman–Crippen MR) is 71.9 cm³/mol. The highest BCUT2D eigenvalue weighted by atomic mass is 16.5. The van der Waals surface area contributed by atoms with Gasteiger partial charge >= 0.3 is 0 Å². The number of allylic oxidation sites excluding steroid dienone is 3. The minimum absolute atomic E-state index is 0.549. The molecule has 2 rings (SSSR count). The monoisotopic (exact) mass is 222 g/mol. The van der Waals surface area contributed by atoms with Gasteiger partial charge in [-0.3, -0.25) is 0 Å². The van der Waals surface area contributed by atoms with Gasteiger partial charge in [-0.05, 0) is 29.9 Å². The van der Waals surface area contributed by atoms with Crippen molar-refractivity contribution in [3.05, 3.63) is 78.1 Å². The number of ether oxygens (including phenoxy) is 1. The number of benzene rings is 1. The Morgan fingerprint density at radius 3 is 3.00 bits per heavy atom. The number of para-hydroxylation sites is 1. The summed E-state index contributed by atoms with van der Waals surface area (Å²) in [6, 6.07) is 7.87. The SMILES string of the molecule is C=Cc1ccccc1OCC1=CC=C=CC=C1. The molecule has 1 aliphatic rings. The lowest BCUT2D eigenvalue weighted by Gasteiger charge is -2.09. The third-order valence-corrected chi connectivity index (χ3v) is 2.43. The quantitative estimate of drug-likeness (QED) is 0.702. The standard InChI is InChI=1S/C16H14O/c1-2-15-11-7-8-12-16(15)17-13-14-9-5-3-4-6-10-14/h2-3,5-12H,1,13H2. The van der Waals surface area contributed by atoms with Crippen molar-refractivity contribution in [2.75, 3.05) is 6.61 Å². The summed E-state index contributed by atoms with van der Waals surface area (Å²) in [4.78, 5) is 0. The molecule has 0 saturated heterocycles. The van der Waals surface area contributed by atoms with Gasteiger partial charge < -0.3 is 4.74 Å². The second-order valence-corrected chi connectivity index (χ2v) is 3.63. The van der Waals surface area contributed by atoms with E-state index in [2.05, 4.69) is 12.3 Å². The summed E-state index contributed by atoms with van der Waals surface area (Å²) >= 11 is 0. The molecule has 84 valence electrons. The van der Waals surface area contributed by atoms with Crippen LogP contribution in [0.25, 0.3) is 6.08 Å². The molecule has 1 aromatic carbocycles. The molecule has 0 unspecified atom stereocenters. The molecule has 0 atom stereocenters. The Balaban J connectivity index is 2.05. The third kappa shape index (κ3) is 3.10. The van der Waals surface area contributed by atoms with Gasteiger partial charge in [0.1, 0.15) is 12.4 Å². The van der Waals surface area contributed by atoms with Crippen molar-refractivity contribution in [1.29, 1.82) is 0 Å². The molecule has 0 amide bonds. The largest absolute Gasteiger partial charge is 0.488 e. The second kappa shape index (κ2) is 5.74. The van der Waals surface area contributed by atoms with Crippen molar-refractivity contribution < 1.29 is 4.74 Å². The lowest BCUT2D eigenvalue weighted by atomic mass is 10.2. The summed E-state index contributed by atoms with van der Waals surface area (Å²) in [5.74, 6) is 0.859. The van der Waals surface area contributed by atoms with Gasteiger partial charge in [0, 0.05) is 5.56 Å². The van der Waals surface area contributed by atoms with Crippen molar-refractivity contribution in [1.82, 2.24) is 0 Å². The topological polar surface area (TPSA) is 9.23 Å². The van der Waals surface area contributed by atoms with Gasteiger partial charge in [-0.2, -0.15) is 0 Å². The second-order valence-electron chi connectivity index (χ2n) is 3.63. The van der Waals surface area contributed by atoms with E-state index < -0.39 is 0 Å². The zero-order valence-electron chi connectivity index (χ0n) is 9.60. The third-order valence-electron chi connectivity index (χ3n) is 2.43. The van der Waals surface area contributed by atoms with E-state index in [1.54, 1.807) is 6.08 Å². The van der Waals surface area contributed by atoms with Crippen LogP contribution in [0, 0.1) is 0 Å². The molecule has 0 N–H and O–H groups in total. The first kappa shape index (κ1) is 11.3. The van der Waals surface area contributed by atoms with Crippen molar-refractivity contribution in [2.45, 2.75) is 0 Å². The van der Waals surface area contributed by atoms with E-state index in [1.807, 2.05) is 54.6 Å². The van der Waals surface area contributed by atoms with Crippen LogP contribution in [0.2, 0.25) is 0 Å². The first-order valence-corrected chi connectivity index (χ1v) is 5.53. The van der Waals surface area contributed by atoms with E-state index in [0.29, 0.717) is 6.61 Å². The van der Waals surface area contributed by atoms with E-state index in [4.69, 9.17) is 4.74 Å². The molecule has 1 aliphatic carbocycles. The van der Waals surface area contributed by atoms with Gasteiger partial charge in [-0.1, -0.05) is 43.0 Å². The molecule has 0 spiro atoms. The Morgan fingerprint density at radius 1 is 1.24 bits per heavy atom.